The summed E-state index contributed by atoms with van der Waals surface area (Å²) in [7, 11) is 0. The summed E-state index contributed by atoms with van der Waals surface area (Å²) in [4.78, 5) is 11.9. The fourth-order valence-corrected chi connectivity index (χ4v) is 2.34. The molecule has 0 unspecified atom stereocenters. The Balaban J connectivity index is 1.47. The highest BCUT2D eigenvalue weighted by Crippen LogP contribution is 2.31. The molecular formula is C19H19NO3. The molecule has 0 aromatic heterocycles. The lowest BCUT2D eigenvalue weighted by molar-refractivity contribution is 0.0954. The average Bonchev–Trinajstić information content (AvgIpc) is 2.62. The van der Waals surface area contributed by atoms with E-state index in [-0.39, 0.29) is 5.91 Å². The molecule has 2 aromatic carbocycles. The Bertz CT molecular complexity index is 695. The van der Waals surface area contributed by atoms with Crippen LogP contribution in [0.5, 0.6) is 11.5 Å². The molecule has 0 saturated carbocycles. The van der Waals surface area contributed by atoms with Crippen LogP contribution in [-0.2, 0) is 0 Å². The lowest BCUT2D eigenvalue weighted by Crippen LogP contribution is -2.23. The Kier molecular flexibility index (Phi) is 4.94. The molecule has 2 aromatic rings. The topological polar surface area (TPSA) is 47.6 Å². The van der Waals surface area contributed by atoms with Crippen LogP contribution in [0.2, 0.25) is 0 Å². The zero-order chi connectivity index (χ0) is 15.9. The Hall–Kier alpha value is -2.75. The fraction of sp³-hybridized carbons (Fsp3) is 0.211. The molecule has 0 saturated heterocycles. The third kappa shape index (κ3) is 4.13. The van der Waals surface area contributed by atoms with E-state index in [0.29, 0.717) is 25.3 Å². The molecule has 4 heteroatoms. The van der Waals surface area contributed by atoms with Gasteiger partial charge in [0.15, 0.2) is 11.5 Å². The van der Waals surface area contributed by atoms with Crippen LogP contribution >= 0.6 is 0 Å². The number of amides is 1. The van der Waals surface area contributed by atoms with Gasteiger partial charge in [0.1, 0.15) is 13.2 Å². The van der Waals surface area contributed by atoms with Crippen molar-refractivity contribution in [2.24, 2.45) is 0 Å². The van der Waals surface area contributed by atoms with E-state index in [1.807, 2.05) is 48.6 Å². The molecule has 1 amide bonds. The van der Waals surface area contributed by atoms with E-state index >= 15 is 0 Å². The summed E-state index contributed by atoms with van der Waals surface area (Å²) >= 11 is 0. The summed E-state index contributed by atoms with van der Waals surface area (Å²) in [6, 6.07) is 15.1. The molecule has 1 aliphatic heterocycles. The molecular weight excluding hydrogens is 290 g/mol. The van der Waals surface area contributed by atoms with Gasteiger partial charge in [-0.2, -0.15) is 0 Å². The molecule has 23 heavy (non-hydrogen) atoms. The van der Waals surface area contributed by atoms with Crippen LogP contribution in [0.1, 0.15) is 22.3 Å². The van der Waals surface area contributed by atoms with Gasteiger partial charge in [0.05, 0.1) is 0 Å². The Morgan fingerprint density at radius 3 is 2.65 bits per heavy atom. The van der Waals surface area contributed by atoms with E-state index in [1.54, 1.807) is 12.1 Å². The third-order valence-electron chi connectivity index (χ3n) is 3.51. The molecule has 0 atom stereocenters. The number of hydrogen-bond acceptors (Lipinski definition) is 3. The number of hydrogen-bond donors (Lipinski definition) is 1. The first-order chi connectivity index (χ1) is 11.3. The Morgan fingerprint density at radius 1 is 1.04 bits per heavy atom. The van der Waals surface area contributed by atoms with Gasteiger partial charge in [0, 0.05) is 12.1 Å². The SMILES string of the molecule is O=C(NCC/C=C/c1ccc2c(c1)OCCO2)c1ccccc1. The maximum Gasteiger partial charge on any atom is 0.251 e. The van der Waals surface area contributed by atoms with Crippen molar-refractivity contribution in [3.63, 3.8) is 0 Å². The maximum atomic E-state index is 11.9. The summed E-state index contributed by atoms with van der Waals surface area (Å²) in [5.74, 6) is 1.54. The highest BCUT2D eigenvalue weighted by atomic mass is 16.6. The molecule has 0 fully saturated rings. The van der Waals surface area contributed by atoms with E-state index < -0.39 is 0 Å². The molecule has 3 rings (SSSR count). The van der Waals surface area contributed by atoms with Crippen LogP contribution < -0.4 is 14.8 Å². The van der Waals surface area contributed by atoms with Crippen LogP contribution in [0.4, 0.5) is 0 Å². The second-order valence-corrected chi connectivity index (χ2v) is 5.22. The Labute approximate surface area is 135 Å². The standard InChI is InChI=1S/C19H19NO3/c21-19(16-7-2-1-3-8-16)20-11-5-4-6-15-9-10-17-18(14-15)23-13-12-22-17/h1-4,6-10,14H,5,11-13H2,(H,20,21)/b6-4+. The summed E-state index contributed by atoms with van der Waals surface area (Å²) in [5, 5.41) is 2.90. The molecule has 1 heterocycles. The minimum Gasteiger partial charge on any atom is -0.486 e. The van der Waals surface area contributed by atoms with Gasteiger partial charge >= 0.3 is 0 Å². The lowest BCUT2D eigenvalue weighted by Gasteiger charge is -2.18. The number of fused-ring (bicyclic) bond motifs is 1. The normalized spacial score (nSPS) is 13.0. The van der Waals surface area contributed by atoms with Crippen LogP contribution in [-0.4, -0.2) is 25.7 Å². The van der Waals surface area contributed by atoms with Crippen LogP contribution in [0, 0.1) is 0 Å². The van der Waals surface area contributed by atoms with Gasteiger partial charge in [-0.15, -0.1) is 0 Å². The first-order valence-corrected chi connectivity index (χ1v) is 7.72. The van der Waals surface area contributed by atoms with Gasteiger partial charge < -0.3 is 14.8 Å². The second kappa shape index (κ2) is 7.49. The van der Waals surface area contributed by atoms with Crippen LogP contribution in [0.25, 0.3) is 6.08 Å². The summed E-state index contributed by atoms with van der Waals surface area (Å²) < 4.78 is 11.0. The molecule has 0 spiro atoms. The largest absolute Gasteiger partial charge is 0.486 e. The van der Waals surface area contributed by atoms with Crippen molar-refractivity contribution in [1.82, 2.24) is 5.32 Å². The Morgan fingerprint density at radius 2 is 1.83 bits per heavy atom. The summed E-state index contributed by atoms with van der Waals surface area (Å²) in [5.41, 5.74) is 1.74. The molecule has 4 nitrogen and oxygen atoms in total. The van der Waals surface area contributed by atoms with Crippen LogP contribution in [0.15, 0.2) is 54.6 Å². The molecule has 0 aliphatic carbocycles. The maximum absolute atomic E-state index is 11.9. The van der Waals surface area contributed by atoms with E-state index in [9.17, 15) is 4.79 Å². The quantitative estimate of drug-likeness (QED) is 0.862. The second-order valence-electron chi connectivity index (χ2n) is 5.22. The zero-order valence-corrected chi connectivity index (χ0v) is 12.8. The van der Waals surface area contributed by atoms with Crippen molar-refractivity contribution in [2.75, 3.05) is 19.8 Å². The minimum atomic E-state index is -0.0432. The molecule has 1 aliphatic rings. The van der Waals surface area contributed by atoms with Crippen molar-refractivity contribution >= 4 is 12.0 Å². The van der Waals surface area contributed by atoms with Gasteiger partial charge in [-0.1, -0.05) is 36.4 Å². The minimum absolute atomic E-state index is 0.0432. The molecule has 118 valence electrons. The monoisotopic (exact) mass is 309 g/mol. The summed E-state index contributed by atoms with van der Waals surface area (Å²) in [6.07, 6.45) is 4.83. The molecule has 0 radical (unpaired) electrons. The van der Waals surface area contributed by atoms with Gasteiger partial charge in [-0.3, -0.25) is 4.79 Å². The smallest absolute Gasteiger partial charge is 0.251 e. The fourth-order valence-electron chi connectivity index (χ4n) is 2.34. The third-order valence-corrected chi connectivity index (χ3v) is 3.51. The zero-order valence-electron chi connectivity index (χ0n) is 12.8. The van der Waals surface area contributed by atoms with Crippen LogP contribution in [0.3, 0.4) is 0 Å². The van der Waals surface area contributed by atoms with Crippen molar-refractivity contribution in [3.8, 4) is 11.5 Å². The van der Waals surface area contributed by atoms with Crippen molar-refractivity contribution in [2.45, 2.75) is 6.42 Å². The number of rotatable bonds is 5. The van der Waals surface area contributed by atoms with Crippen molar-refractivity contribution in [3.05, 3.63) is 65.7 Å². The van der Waals surface area contributed by atoms with Gasteiger partial charge in [0.25, 0.3) is 5.91 Å². The summed E-state index contributed by atoms with van der Waals surface area (Å²) in [6.45, 7) is 1.80. The number of ether oxygens (including phenoxy) is 2. The number of benzene rings is 2. The predicted molar refractivity (Wildman–Crippen MR) is 89.9 cm³/mol. The average molecular weight is 309 g/mol. The van der Waals surface area contributed by atoms with Gasteiger partial charge in [0.2, 0.25) is 0 Å². The predicted octanol–water partition coefficient (Wildman–Crippen LogP) is 3.29. The van der Waals surface area contributed by atoms with Gasteiger partial charge in [-0.05, 0) is 36.2 Å². The molecule has 0 bridgehead atoms. The van der Waals surface area contributed by atoms with E-state index in [4.69, 9.17) is 9.47 Å². The van der Waals surface area contributed by atoms with Crippen molar-refractivity contribution in [1.29, 1.82) is 0 Å². The first kappa shape index (κ1) is 15.2. The highest BCUT2D eigenvalue weighted by Gasteiger charge is 2.10. The van der Waals surface area contributed by atoms with Crippen molar-refractivity contribution < 1.29 is 14.3 Å². The van der Waals surface area contributed by atoms with E-state index in [2.05, 4.69) is 5.32 Å². The number of carbonyl (C=O) groups is 1. The number of nitrogens with one attached hydrogen (secondary N) is 1. The van der Waals surface area contributed by atoms with E-state index in [1.165, 1.54) is 0 Å². The van der Waals surface area contributed by atoms with Gasteiger partial charge in [-0.25, -0.2) is 0 Å². The highest BCUT2D eigenvalue weighted by molar-refractivity contribution is 5.94. The number of carbonyl (C=O) groups excluding carboxylic acids is 1. The lowest BCUT2D eigenvalue weighted by atomic mass is 10.1. The van der Waals surface area contributed by atoms with E-state index in [0.717, 1.165) is 23.5 Å². The molecule has 1 N–H and O–H groups in total. The first-order valence-electron chi connectivity index (χ1n) is 7.72.